The molecule has 2 heteroatoms. The molecule has 2 rings (SSSR count). The van der Waals surface area contributed by atoms with Crippen LogP contribution in [0.15, 0.2) is 41.0 Å². The smallest absolute Gasteiger partial charge is 0.128 e. The Kier molecular flexibility index (Phi) is 4.34. The first kappa shape index (κ1) is 14.9. The van der Waals surface area contributed by atoms with Gasteiger partial charge >= 0.3 is 0 Å². The molecule has 0 amide bonds. The average molecular weight is 271 g/mol. The molecule has 1 aromatic carbocycles. The van der Waals surface area contributed by atoms with E-state index in [0.29, 0.717) is 0 Å². The third kappa shape index (κ3) is 3.13. The van der Waals surface area contributed by atoms with E-state index in [1.54, 1.807) is 6.26 Å². The van der Waals surface area contributed by atoms with Crippen LogP contribution in [-0.4, -0.2) is 6.54 Å². The van der Waals surface area contributed by atoms with E-state index in [-0.39, 0.29) is 11.5 Å². The molecule has 0 aliphatic heterocycles. The molecule has 1 N–H and O–H groups in total. The van der Waals surface area contributed by atoms with Crippen LogP contribution in [0.1, 0.15) is 56.2 Å². The normalized spacial score (nSPS) is 13.4. The first-order valence-corrected chi connectivity index (χ1v) is 7.31. The minimum absolute atomic E-state index is 0.129. The maximum atomic E-state index is 5.67. The summed E-state index contributed by atoms with van der Waals surface area (Å²) in [5, 5.41) is 3.51. The minimum Gasteiger partial charge on any atom is -0.467 e. The van der Waals surface area contributed by atoms with Gasteiger partial charge in [0.2, 0.25) is 0 Å². The SMILES string of the molecule is CCNC(c1ccc(C(C)(C)C)cc1)c1occc1C. The molecule has 108 valence electrons. The van der Waals surface area contributed by atoms with E-state index >= 15 is 0 Å². The lowest BCUT2D eigenvalue weighted by molar-refractivity contribution is 0.449. The van der Waals surface area contributed by atoms with Crippen LogP contribution in [0.2, 0.25) is 0 Å². The highest BCUT2D eigenvalue weighted by atomic mass is 16.3. The van der Waals surface area contributed by atoms with Crippen LogP contribution in [-0.2, 0) is 5.41 Å². The van der Waals surface area contributed by atoms with E-state index in [9.17, 15) is 0 Å². The summed E-state index contributed by atoms with van der Waals surface area (Å²) in [6, 6.07) is 11.0. The molecule has 2 aromatic rings. The number of hydrogen-bond acceptors (Lipinski definition) is 2. The lowest BCUT2D eigenvalue weighted by Gasteiger charge is -2.21. The largest absolute Gasteiger partial charge is 0.467 e. The van der Waals surface area contributed by atoms with Crippen LogP contribution in [0, 0.1) is 6.92 Å². The van der Waals surface area contributed by atoms with Crippen LogP contribution in [0.5, 0.6) is 0 Å². The fourth-order valence-electron chi connectivity index (χ4n) is 2.42. The maximum Gasteiger partial charge on any atom is 0.128 e. The molecule has 0 radical (unpaired) electrons. The van der Waals surface area contributed by atoms with Crippen LogP contribution < -0.4 is 5.32 Å². The zero-order valence-electron chi connectivity index (χ0n) is 13.2. The van der Waals surface area contributed by atoms with Gasteiger partial charge in [0.25, 0.3) is 0 Å². The third-order valence-corrected chi connectivity index (χ3v) is 3.68. The summed E-state index contributed by atoms with van der Waals surface area (Å²) in [5.41, 5.74) is 3.98. The van der Waals surface area contributed by atoms with Gasteiger partial charge in [-0.1, -0.05) is 52.0 Å². The van der Waals surface area contributed by atoms with Crippen LogP contribution in [0.4, 0.5) is 0 Å². The van der Waals surface area contributed by atoms with Crippen molar-refractivity contribution in [2.24, 2.45) is 0 Å². The van der Waals surface area contributed by atoms with Gasteiger partial charge in [-0.3, -0.25) is 0 Å². The second-order valence-corrected chi connectivity index (χ2v) is 6.33. The molecule has 2 nitrogen and oxygen atoms in total. The zero-order chi connectivity index (χ0) is 14.8. The van der Waals surface area contributed by atoms with Gasteiger partial charge in [-0.2, -0.15) is 0 Å². The van der Waals surface area contributed by atoms with Gasteiger partial charge in [-0.25, -0.2) is 0 Å². The Morgan fingerprint density at radius 2 is 1.75 bits per heavy atom. The topological polar surface area (TPSA) is 25.2 Å². The van der Waals surface area contributed by atoms with Crippen molar-refractivity contribution in [3.63, 3.8) is 0 Å². The van der Waals surface area contributed by atoms with E-state index in [2.05, 4.69) is 64.2 Å². The number of benzene rings is 1. The molecule has 0 aliphatic carbocycles. The van der Waals surface area contributed by atoms with E-state index in [1.165, 1.54) is 16.7 Å². The Bertz CT molecular complexity index is 546. The first-order valence-electron chi connectivity index (χ1n) is 7.31. The van der Waals surface area contributed by atoms with Crippen LogP contribution >= 0.6 is 0 Å². The summed E-state index contributed by atoms with van der Waals surface area (Å²) < 4.78 is 5.67. The second-order valence-electron chi connectivity index (χ2n) is 6.33. The Labute approximate surface area is 122 Å². The highest BCUT2D eigenvalue weighted by Gasteiger charge is 2.19. The monoisotopic (exact) mass is 271 g/mol. The fourth-order valence-corrected chi connectivity index (χ4v) is 2.42. The van der Waals surface area contributed by atoms with Gasteiger partial charge in [-0.05, 0) is 41.6 Å². The standard InChI is InChI=1S/C18H25NO/c1-6-19-16(17-13(2)11-12-20-17)14-7-9-15(10-8-14)18(3,4)5/h7-12,16,19H,6H2,1-5H3. The Morgan fingerprint density at radius 3 is 2.20 bits per heavy atom. The van der Waals surface area contributed by atoms with Gasteiger partial charge in [0.05, 0.1) is 12.3 Å². The van der Waals surface area contributed by atoms with Gasteiger partial charge in [0, 0.05) is 0 Å². The molecule has 0 saturated heterocycles. The summed E-state index contributed by atoms with van der Waals surface area (Å²) in [6.07, 6.45) is 1.76. The van der Waals surface area contributed by atoms with Crippen LogP contribution in [0.25, 0.3) is 0 Å². The number of aryl methyl sites for hydroxylation is 1. The Morgan fingerprint density at radius 1 is 1.10 bits per heavy atom. The number of furan rings is 1. The molecule has 20 heavy (non-hydrogen) atoms. The predicted octanol–water partition coefficient (Wildman–Crippen LogP) is 4.58. The van der Waals surface area contributed by atoms with E-state index in [4.69, 9.17) is 4.42 Å². The summed E-state index contributed by atoms with van der Waals surface area (Å²) in [7, 11) is 0. The zero-order valence-corrected chi connectivity index (χ0v) is 13.2. The Hall–Kier alpha value is -1.54. The molecule has 0 spiro atoms. The summed E-state index contributed by atoms with van der Waals surface area (Å²) >= 11 is 0. The van der Waals surface area contributed by atoms with Gasteiger partial charge in [-0.15, -0.1) is 0 Å². The van der Waals surface area contributed by atoms with Crippen molar-refractivity contribution < 1.29 is 4.42 Å². The number of rotatable bonds is 4. The summed E-state index contributed by atoms with van der Waals surface area (Å²) in [5.74, 6) is 1.01. The van der Waals surface area contributed by atoms with E-state index in [0.717, 1.165) is 12.3 Å². The molecule has 0 saturated carbocycles. The summed E-state index contributed by atoms with van der Waals surface area (Å²) in [4.78, 5) is 0. The van der Waals surface area contributed by atoms with Crippen molar-refractivity contribution in [2.45, 2.75) is 46.1 Å². The number of nitrogens with one attached hydrogen (secondary N) is 1. The highest BCUT2D eigenvalue weighted by molar-refractivity contribution is 5.34. The van der Waals surface area contributed by atoms with Crippen molar-refractivity contribution in [3.8, 4) is 0 Å². The highest BCUT2D eigenvalue weighted by Crippen LogP contribution is 2.28. The maximum absolute atomic E-state index is 5.67. The molecule has 1 atom stereocenters. The van der Waals surface area contributed by atoms with Crippen LogP contribution in [0.3, 0.4) is 0 Å². The molecule has 1 heterocycles. The first-order chi connectivity index (χ1) is 9.43. The molecular weight excluding hydrogens is 246 g/mol. The third-order valence-electron chi connectivity index (χ3n) is 3.68. The molecule has 0 fully saturated rings. The van der Waals surface area contributed by atoms with Crippen molar-refractivity contribution in [1.29, 1.82) is 0 Å². The lowest BCUT2D eigenvalue weighted by Crippen LogP contribution is -2.22. The van der Waals surface area contributed by atoms with Crippen molar-refractivity contribution in [1.82, 2.24) is 5.32 Å². The average Bonchev–Trinajstić information content (AvgIpc) is 2.81. The minimum atomic E-state index is 0.129. The van der Waals surface area contributed by atoms with Gasteiger partial charge < -0.3 is 9.73 Å². The number of hydrogen-bond donors (Lipinski definition) is 1. The lowest BCUT2D eigenvalue weighted by atomic mass is 9.86. The van der Waals surface area contributed by atoms with Crippen molar-refractivity contribution in [3.05, 3.63) is 59.0 Å². The Balaban J connectivity index is 2.33. The predicted molar refractivity (Wildman–Crippen MR) is 84.1 cm³/mol. The second kappa shape index (κ2) is 5.84. The summed E-state index contributed by atoms with van der Waals surface area (Å²) in [6.45, 7) is 11.8. The molecular formula is C18H25NO. The van der Waals surface area contributed by atoms with E-state index in [1.807, 2.05) is 6.07 Å². The quantitative estimate of drug-likeness (QED) is 0.880. The molecule has 0 aliphatic rings. The van der Waals surface area contributed by atoms with Gasteiger partial charge in [0.1, 0.15) is 5.76 Å². The van der Waals surface area contributed by atoms with Crippen molar-refractivity contribution >= 4 is 0 Å². The molecule has 1 unspecified atom stereocenters. The van der Waals surface area contributed by atoms with Crippen molar-refractivity contribution in [2.75, 3.05) is 6.54 Å². The molecule has 1 aromatic heterocycles. The molecule has 0 bridgehead atoms. The van der Waals surface area contributed by atoms with E-state index < -0.39 is 0 Å². The fraction of sp³-hybridized carbons (Fsp3) is 0.444. The van der Waals surface area contributed by atoms with Gasteiger partial charge in [0.15, 0.2) is 0 Å².